The Hall–Kier alpha value is -3.52. The number of anilines is 2. The number of aromatic amines is 1. The molecule has 30 heavy (non-hydrogen) atoms. The molecule has 0 radical (unpaired) electrons. The number of hydrogen-bond acceptors (Lipinski definition) is 2. The predicted octanol–water partition coefficient (Wildman–Crippen LogP) is 6.55. The molecule has 2 heterocycles. The third-order valence-electron chi connectivity index (χ3n) is 4.45. The van der Waals surface area contributed by atoms with Gasteiger partial charge in [-0.2, -0.15) is 13.2 Å². The molecule has 5 nitrogen and oxygen atoms in total. The van der Waals surface area contributed by atoms with Crippen LogP contribution in [-0.4, -0.2) is 16.0 Å². The van der Waals surface area contributed by atoms with E-state index in [9.17, 15) is 18.0 Å². The zero-order chi connectivity index (χ0) is 21.3. The van der Waals surface area contributed by atoms with Gasteiger partial charge in [-0.05, 0) is 48.0 Å². The first-order valence-corrected chi connectivity index (χ1v) is 9.16. The number of H-pyrrole nitrogens is 1. The maximum Gasteiger partial charge on any atom is 0.416 e. The van der Waals surface area contributed by atoms with Gasteiger partial charge >= 0.3 is 12.2 Å². The van der Waals surface area contributed by atoms with Gasteiger partial charge in [0.25, 0.3) is 0 Å². The Morgan fingerprint density at radius 2 is 1.80 bits per heavy atom. The Kier molecular flexibility index (Phi) is 5.09. The van der Waals surface area contributed by atoms with E-state index in [1.807, 2.05) is 30.5 Å². The van der Waals surface area contributed by atoms with Crippen molar-refractivity contribution in [2.24, 2.45) is 0 Å². The topological polar surface area (TPSA) is 69.8 Å². The third-order valence-corrected chi connectivity index (χ3v) is 4.78. The lowest BCUT2D eigenvalue weighted by Gasteiger charge is -2.12. The van der Waals surface area contributed by atoms with Crippen LogP contribution in [-0.2, 0) is 6.18 Å². The van der Waals surface area contributed by atoms with Gasteiger partial charge in [-0.1, -0.05) is 23.7 Å². The van der Waals surface area contributed by atoms with Crippen molar-refractivity contribution < 1.29 is 18.0 Å². The van der Waals surface area contributed by atoms with Crippen LogP contribution < -0.4 is 10.6 Å². The molecule has 3 N–H and O–H groups in total. The van der Waals surface area contributed by atoms with Crippen molar-refractivity contribution in [1.29, 1.82) is 0 Å². The molecular weight excluding hydrogens is 417 g/mol. The van der Waals surface area contributed by atoms with Crippen molar-refractivity contribution in [3.05, 3.63) is 77.6 Å². The lowest BCUT2D eigenvalue weighted by atomic mass is 10.1. The molecule has 2 aromatic carbocycles. The molecule has 9 heteroatoms. The van der Waals surface area contributed by atoms with E-state index >= 15 is 0 Å². The minimum atomic E-state index is -4.54. The maximum absolute atomic E-state index is 12.9. The highest BCUT2D eigenvalue weighted by atomic mass is 35.5. The lowest BCUT2D eigenvalue weighted by Crippen LogP contribution is -2.20. The quantitative estimate of drug-likeness (QED) is 0.345. The first kappa shape index (κ1) is 19.8. The molecule has 2 aromatic heterocycles. The van der Waals surface area contributed by atoms with Crippen LogP contribution in [0.25, 0.3) is 22.2 Å². The number of hydrogen-bond donors (Lipinski definition) is 3. The van der Waals surface area contributed by atoms with E-state index in [1.54, 1.807) is 18.3 Å². The molecule has 0 atom stereocenters. The number of urea groups is 1. The molecule has 4 rings (SSSR count). The van der Waals surface area contributed by atoms with E-state index < -0.39 is 17.8 Å². The number of carbonyl (C=O) groups is 1. The Morgan fingerprint density at radius 3 is 2.53 bits per heavy atom. The van der Waals surface area contributed by atoms with E-state index in [0.717, 1.165) is 40.4 Å². The fourth-order valence-electron chi connectivity index (χ4n) is 3.01. The number of amides is 2. The van der Waals surface area contributed by atoms with E-state index in [1.165, 1.54) is 0 Å². The van der Waals surface area contributed by atoms with Crippen LogP contribution >= 0.6 is 11.6 Å². The summed E-state index contributed by atoms with van der Waals surface area (Å²) in [5.74, 6) is 0. The molecule has 2 amide bonds. The van der Waals surface area contributed by atoms with Gasteiger partial charge in [0.1, 0.15) is 5.65 Å². The van der Waals surface area contributed by atoms with Gasteiger partial charge in [-0.15, -0.1) is 0 Å². The van der Waals surface area contributed by atoms with Gasteiger partial charge in [0.2, 0.25) is 0 Å². The number of rotatable bonds is 3. The number of alkyl halides is 3. The van der Waals surface area contributed by atoms with Crippen molar-refractivity contribution in [3.63, 3.8) is 0 Å². The van der Waals surface area contributed by atoms with E-state index in [2.05, 4.69) is 20.6 Å². The minimum Gasteiger partial charge on any atom is -0.346 e. The van der Waals surface area contributed by atoms with Gasteiger partial charge in [0, 0.05) is 29.0 Å². The number of halogens is 4. The molecule has 0 bridgehead atoms. The molecule has 0 saturated heterocycles. The fourth-order valence-corrected chi connectivity index (χ4v) is 3.17. The summed E-state index contributed by atoms with van der Waals surface area (Å²) in [6.07, 6.45) is -0.988. The summed E-state index contributed by atoms with van der Waals surface area (Å²) in [4.78, 5) is 19.6. The maximum atomic E-state index is 12.9. The van der Waals surface area contributed by atoms with Gasteiger partial charge in [0.15, 0.2) is 0 Å². The molecule has 0 spiro atoms. The molecule has 0 fully saturated rings. The van der Waals surface area contributed by atoms with E-state index in [4.69, 9.17) is 11.6 Å². The molecule has 4 aromatic rings. The Labute approximate surface area is 173 Å². The summed E-state index contributed by atoms with van der Waals surface area (Å²) in [5, 5.41) is 5.89. The SMILES string of the molecule is O=C(Nc1ccc(-c2c[nH]c3ncccc23)cc1)Nc1cc(C(F)(F)F)ccc1Cl. The molecular formula is C21H14ClF3N4O. The number of nitrogens with one attached hydrogen (secondary N) is 3. The van der Waals surface area contributed by atoms with Crippen LogP contribution in [0.4, 0.5) is 29.3 Å². The summed E-state index contributed by atoms with van der Waals surface area (Å²) < 4.78 is 38.6. The van der Waals surface area contributed by atoms with Crippen LogP contribution in [0.3, 0.4) is 0 Å². The van der Waals surface area contributed by atoms with Crippen LogP contribution in [0.5, 0.6) is 0 Å². The standard InChI is InChI=1S/C21H14ClF3N4O/c22-17-8-5-13(21(23,24)25)10-18(17)29-20(30)28-14-6-3-12(4-7-14)16-11-27-19-15(16)2-1-9-26-19/h1-11H,(H,26,27)(H2,28,29,30). The number of pyridine rings is 1. The average molecular weight is 431 g/mol. The van der Waals surface area contributed by atoms with Crippen LogP contribution in [0, 0.1) is 0 Å². The first-order chi connectivity index (χ1) is 14.3. The lowest BCUT2D eigenvalue weighted by molar-refractivity contribution is -0.137. The van der Waals surface area contributed by atoms with Gasteiger partial charge in [-0.3, -0.25) is 0 Å². The number of aromatic nitrogens is 2. The second kappa shape index (κ2) is 7.72. The molecule has 0 aliphatic rings. The van der Waals surface area contributed by atoms with Gasteiger partial charge in [-0.25, -0.2) is 9.78 Å². The smallest absolute Gasteiger partial charge is 0.346 e. The van der Waals surface area contributed by atoms with E-state index in [-0.39, 0.29) is 10.7 Å². The zero-order valence-corrected chi connectivity index (χ0v) is 16.0. The van der Waals surface area contributed by atoms with E-state index in [0.29, 0.717) is 5.69 Å². The van der Waals surface area contributed by atoms with Crippen molar-refractivity contribution in [3.8, 4) is 11.1 Å². The fraction of sp³-hybridized carbons (Fsp3) is 0.0476. The number of fused-ring (bicyclic) bond motifs is 1. The van der Waals surface area contributed by atoms with Crippen molar-refractivity contribution in [1.82, 2.24) is 9.97 Å². The number of carbonyl (C=O) groups excluding carboxylic acids is 1. The monoisotopic (exact) mass is 430 g/mol. The molecule has 152 valence electrons. The first-order valence-electron chi connectivity index (χ1n) is 8.78. The summed E-state index contributed by atoms with van der Waals surface area (Å²) in [6.45, 7) is 0. The summed E-state index contributed by atoms with van der Waals surface area (Å²) >= 11 is 5.90. The van der Waals surface area contributed by atoms with Gasteiger partial charge in [0.05, 0.1) is 16.3 Å². The highest BCUT2D eigenvalue weighted by molar-refractivity contribution is 6.33. The third kappa shape index (κ3) is 4.08. The Balaban J connectivity index is 1.48. The van der Waals surface area contributed by atoms with Crippen molar-refractivity contribution >= 4 is 40.0 Å². The average Bonchev–Trinajstić information content (AvgIpc) is 3.13. The van der Waals surface area contributed by atoms with Crippen LogP contribution in [0.1, 0.15) is 5.56 Å². The highest BCUT2D eigenvalue weighted by Gasteiger charge is 2.31. The van der Waals surface area contributed by atoms with Crippen molar-refractivity contribution in [2.45, 2.75) is 6.18 Å². The largest absolute Gasteiger partial charge is 0.416 e. The predicted molar refractivity (Wildman–Crippen MR) is 111 cm³/mol. The van der Waals surface area contributed by atoms with Crippen LogP contribution in [0.15, 0.2) is 67.0 Å². The number of nitrogens with zero attached hydrogens (tertiary/aromatic N) is 1. The molecule has 0 saturated carbocycles. The molecule has 0 aliphatic carbocycles. The van der Waals surface area contributed by atoms with Gasteiger partial charge < -0.3 is 15.6 Å². The van der Waals surface area contributed by atoms with Crippen molar-refractivity contribution in [2.75, 3.05) is 10.6 Å². The normalized spacial score (nSPS) is 11.5. The van der Waals surface area contributed by atoms with Crippen LogP contribution in [0.2, 0.25) is 5.02 Å². The summed E-state index contributed by atoms with van der Waals surface area (Å²) in [7, 11) is 0. The summed E-state index contributed by atoms with van der Waals surface area (Å²) in [5.41, 5.74) is 2.09. The second-order valence-corrected chi connectivity index (χ2v) is 6.86. The Bertz CT molecular complexity index is 1220. The minimum absolute atomic E-state index is 0.00134. The molecule has 0 aliphatic heterocycles. The highest BCUT2D eigenvalue weighted by Crippen LogP contribution is 2.34. The molecule has 0 unspecified atom stereocenters. The number of benzene rings is 2. The second-order valence-electron chi connectivity index (χ2n) is 6.45. The zero-order valence-electron chi connectivity index (χ0n) is 15.2. The Morgan fingerprint density at radius 1 is 1.03 bits per heavy atom. The summed E-state index contributed by atoms with van der Waals surface area (Å²) in [6, 6.07) is 12.8.